The van der Waals surface area contributed by atoms with Gasteiger partial charge < -0.3 is 29.2 Å². The molecular weight excluding hydrogens is 448 g/mol. The number of aryl methyl sites for hydroxylation is 1. The monoisotopic (exact) mass is 478 g/mol. The van der Waals surface area contributed by atoms with Crippen molar-refractivity contribution in [1.82, 2.24) is 4.90 Å². The van der Waals surface area contributed by atoms with E-state index in [4.69, 9.17) is 31.2 Å². The van der Waals surface area contributed by atoms with Gasteiger partial charge in [0.15, 0.2) is 28.1 Å². The van der Waals surface area contributed by atoms with Gasteiger partial charge in [0, 0.05) is 12.2 Å². The van der Waals surface area contributed by atoms with Crippen molar-refractivity contribution in [3.05, 3.63) is 77.4 Å². The molecule has 3 aromatic carbocycles. The number of para-hydroxylation sites is 2. The second-order valence-corrected chi connectivity index (χ2v) is 8.51. The highest BCUT2D eigenvalue weighted by atomic mass is 32.1. The first kappa shape index (κ1) is 23.7. The lowest BCUT2D eigenvalue weighted by atomic mass is 9.92. The Labute approximate surface area is 206 Å². The van der Waals surface area contributed by atoms with Crippen LogP contribution in [-0.4, -0.2) is 44.5 Å². The Hall–Kier alpha value is -3.45. The van der Waals surface area contributed by atoms with Crippen molar-refractivity contribution in [2.75, 3.05) is 39.8 Å². The predicted molar refractivity (Wildman–Crippen MR) is 139 cm³/mol. The fourth-order valence-electron chi connectivity index (χ4n) is 4.19. The summed E-state index contributed by atoms with van der Waals surface area (Å²) < 4.78 is 22.9. The van der Waals surface area contributed by atoms with Gasteiger partial charge in [-0.25, -0.2) is 0 Å². The molecule has 0 radical (unpaired) electrons. The molecule has 0 bridgehead atoms. The van der Waals surface area contributed by atoms with Gasteiger partial charge in [0.25, 0.3) is 0 Å². The summed E-state index contributed by atoms with van der Waals surface area (Å²) in [5.74, 6) is 2.79. The molecule has 1 N–H and O–H groups in total. The van der Waals surface area contributed by atoms with Gasteiger partial charge >= 0.3 is 0 Å². The third kappa shape index (κ3) is 5.04. The van der Waals surface area contributed by atoms with Gasteiger partial charge in [-0.05, 0) is 73.1 Å². The van der Waals surface area contributed by atoms with Crippen LogP contribution in [0, 0.1) is 6.92 Å². The fraction of sp³-hybridized carbons (Fsp3) is 0.296. The van der Waals surface area contributed by atoms with Gasteiger partial charge in [-0.15, -0.1) is 0 Å². The van der Waals surface area contributed by atoms with Crippen molar-refractivity contribution in [3.8, 4) is 23.0 Å². The van der Waals surface area contributed by atoms with Crippen LogP contribution in [-0.2, 0) is 6.42 Å². The molecule has 0 saturated carbocycles. The second-order valence-electron chi connectivity index (χ2n) is 8.12. The summed E-state index contributed by atoms with van der Waals surface area (Å²) in [6.45, 7) is 3.20. The highest BCUT2D eigenvalue weighted by molar-refractivity contribution is 7.80. The standard InChI is InChI=1S/C27H30N2O4S/c1-18-9-11-20(12-10-18)28-27(34)29-14-13-19-15-25(31-3)26(32-4)16-21(19)22(29)17-33-24-8-6-5-7-23(24)30-2/h5-12,15-16,22H,13-14,17H2,1-4H3,(H,28,34)/t22-/m0/s1. The highest BCUT2D eigenvalue weighted by Crippen LogP contribution is 2.39. The van der Waals surface area contributed by atoms with Crippen LogP contribution < -0.4 is 24.3 Å². The average Bonchev–Trinajstić information content (AvgIpc) is 2.87. The smallest absolute Gasteiger partial charge is 0.174 e. The number of nitrogens with one attached hydrogen (secondary N) is 1. The molecule has 1 aliphatic heterocycles. The van der Waals surface area contributed by atoms with Crippen LogP contribution in [0.1, 0.15) is 22.7 Å². The summed E-state index contributed by atoms with van der Waals surface area (Å²) in [4.78, 5) is 2.18. The van der Waals surface area contributed by atoms with Gasteiger partial charge in [0.1, 0.15) is 6.61 Å². The predicted octanol–water partition coefficient (Wildman–Crippen LogP) is 5.40. The van der Waals surface area contributed by atoms with Crippen molar-refractivity contribution in [2.24, 2.45) is 0 Å². The molecule has 0 fully saturated rings. The van der Waals surface area contributed by atoms with Crippen LogP contribution in [0.3, 0.4) is 0 Å². The van der Waals surface area contributed by atoms with Crippen LogP contribution in [0.15, 0.2) is 60.7 Å². The highest BCUT2D eigenvalue weighted by Gasteiger charge is 2.31. The van der Waals surface area contributed by atoms with E-state index in [9.17, 15) is 0 Å². The Kier molecular flexibility index (Phi) is 7.43. The number of hydrogen-bond donors (Lipinski definition) is 1. The van der Waals surface area contributed by atoms with Crippen molar-refractivity contribution in [3.63, 3.8) is 0 Å². The van der Waals surface area contributed by atoms with Crippen LogP contribution in [0.4, 0.5) is 5.69 Å². The van der Waals surface area contributed by atoms with E-state index in [0.717, 1.165) is 30.0 Å². The zero-order valence-electron chi connectivity index (χ0n) is 20.0. The molecule has 7 heteroatoms. The number of anilines is 1. The quantitative estimate of drug-likeness (QED) is 0.457. The summed E-state index contributed by atoms with van der Waals surface area (Å²) in [7, 11) is 4.94. The molecule has 34 heavy (non-hydrogen) atoms. The number of benzene rings is 3. The van der Waals surface area contributed by atoms with Crippen LogP contribution in [0.5, 0.6) is 23.0 Å². The van der Waals surface area contributed by atoms with Gasteiger partial charge in [-0.1, -0.05) is 29.8 Å². The first-order chi connectivity index (χ1) is 16.5. The van der Waals surface area contributed by atoms with E-state index in [1.807, 2.05) is 42.5 Å². The normalized spacial score (nSPS) is 14.7. The molecule has 0 amide bonds. The topological polar surface area (TPSA) is 52.2 Å². The number of methoxy groups -OCH3 is 3. The lowest BCUT2D eigenvalue weighted by molar-refractivity contribution is 0.185. The molecule has 0 unspecified atom stereocenters. The summed E-state index contributed by atoms with van der Waals surface area (Å²) in [5.41, 5.74) is 4.46. The minimum atomic E-state index is -0.126. The van der Waals surface area contributed by atoms with E-state index in [-0.39, 0.29) is 6.04 Å². The molecule has 1 aliphatic rings. The Morgan fingerprint density at radius 2 is 1.56 bits per heavy atom. The largest absolute Gasteiger partial charge is 0.493 e. The van der Waals surface area contributed by atoms with E-state index in [0.29, 0.717) is 29.0 Å². The third-order valence-corrected chi connectivity index (χ3v) is 6.37. The van der Waals surface area contributed by atoms with Crippen LogP contribution >= 0.6 is 12.2 Å². The maximum atomic E-state index is 6.27. The number of ether oxygens (including phenoxy) is 4. The Morgan fingerprint density at radius 1 is 0.912 bits per heavy atom. The lowest BCUT2D eigenvalue weighted by Crippen LogP contribution is -2.44. The van der Waals surface area contributed by atoms with Gasteiger partial charge in [-0.2, -0.15) is 0 Å². The van der Waals surface area contributed by atoms with Gasteiger partial charge in [-0.3, -0.25) is 0 Å². The molecule has 1 atom stereocenters. The zero-order valence-corrected chi connectivity index (χ0v) is 20.8. The second kappa shape index (κ2) is 10.7. The van der Waals surface area contributed by atoms with Crippen LogP contribution in [0.2, 0.25) is 0 Å². The van der Waals surface area contributed by atoms with Crippen LogP contribution in [0.25, 0.3) is 0 Å². The van der Waals surface area contributed by atoms with Crippen molar-refractivity contribution >= 4 is 23.0 Å². The average molecular weight is 479 g/mol. The molecule has 0 aliphatic carbocycles. The van der Waals surface area contributed by atoms with E-state index in [1.165, 1.54) is 11.1 Å². The Morgan fingerprint density at radius 3 is 2.24 bits per heavy atom. The molecule has 0 aromatic heterocycles. The molecule has 3 aromatic rings. The Balaban J connectivity index is 1.66. The lowest BCUT2D eigenvalue weighted by Gasteiger charge is -2.39. The molecule has 6 nitrogen and oxygen atoms in total. The number of nitrogens with zero attached hydrogens (tertiary/aromatic N) is 1. The molecule has 1 heterocycles. The molecule has 0 spiro atoms. The third-order valence-electron chi connectivity index (χ3n) is 6.03. The minimum Gasteiger partial charge on any atom is -0.493 e. The first-order valence-corrected chi connectivity index (χ1v) is 11.6. The van der Waals surface area contributed by atoms with E-state index < -0.39 is 0 Å². The van der Waals surface area contributed by atoms with Crippen molar-refractivity contribution < 1.29 is 18.9 Å². The summed E-state index contributed by atoms with van der Waals surface area (Å²) in [6, 6.07) is 19.8. The number of hydrogen-bond acceptors (Lipinski definition) is 5. The first-order valence-electron chi connectivity index (χ1n) is 11.2. The van der Waals surface area contributed by atoms with Crippen molar-refractivity contribution in [1.29, 1.82) is 0 Å². The maximum Gasteiger partial charge on any atom is 0.174 e. The minimum absolute atomic E-state index is 0.126. The summed E-state index contributed by atoms with van der Waals surface area (Å²) in [5, 5.41) is 4.04. The molecule has 178 valence electrons. The van der Waals surface area contributed by atoms with Gasteiger partial charge in [0.05, 0.1) is 27.4 Å². The number of thiocarbonyl (C=S) groups is 1. The summed E-state index contributed by atoms with van der Waals surface area (Å²) >= 11 is 5.86. The molecule has 0 saturated heterocycles. The number of fused-ring (bicyclic) bond motifs is 1. The van der Waals surface area contributed by atoms with Gasteiger partial charge in [0.2, 0.25) is 0 Å². The summed E-state index contributed by atoms with van der Waals surface area (Å²) in [6.07, 6.45) is 0.830. The maximum absolute atomic E-state index is 6.27. The Bertz CT molecular complexity index is 1150. The SMILES string of the molecule is COc1cc2c(cc1OC)[C@H](COc1ccccc1OC)N(C(=S)Nc1ccc(C)cc1)CC2. The molecule has 4 rings (SSSR count). The molecular formula is C27H30N2O4S. The zero-order chi connectivity index (χ0) is 24.1. The van der Waals surface area contributed by atoms with E-state index in [1.54, 1.807) is 21.3 Å². The fourth-order valence-corrected chi connectivity index (χ4v) is 4.53. The number of rotatable bonds is 7. The van der Waals surface area contributed by atoms with E-state index >= 15 is 0 Å². The van der Waals surface area contributed by atoms with E-state index in [2.05, 4.69) is 35.3 Å². The van der Waals surface area contributed by atoms with Crippen molar-refractivity contribution in [2.45, 2.75) is 19.4 Å².